The van der Waals surface area contributed by atoms with Gasteiger partial charge < -0.3 is 9.64 Å². The van der Waals surface area contributed by atoms with Gasteiger partial charge in [0.1, 0.15) is 5.65 Å². The molecule has 0 aliphatic heterocycles. The number of hydrogen-bond donors (Lipinski definition) is 0. The second kappa shape index (κ2) is 5.18. The van der Waals surface area contributed by atoms with Crippen molar-refractivity contribution in [2.24, 2.45) is 0 Å². The van der Waals surface area contributed by atoms with E-state index < -0.39 is 0 Å². The summed E-state index contributed by atoms with van der Waals surface area (Å²) in [6.07, 6.45) is 3.47. The standard InChI is InChI=1S/C13H17N3O2/c1-4-18-13(17)11-7-14-12-6-5-10(8-15(2)3)9-16(11)12/h5-7,9H,4,8H2,1-3H3. The van der Waals surface area contributed by atoms with Crippen LogP contribution in [0.25, 0.3) is 5.65 Å². The van der Waals surface area contributed by atoms with E-state index in [2.05, 4.69) is 9.88 Å². The van der Waals surface area contributed by atoms with Gasteiger partial charge in [-0.05, 0) is 32.6 Å². The van der Waals surface area contributed by atoms with E-state index in [0.29, 0.717) is 12.3 Å². The van der Waals surface area contributed by atoms with Crippen molar-refractivity contribution in [3.63, 3.8) is 0 Å². The van der Waals surface area contributed by atoms with Gasteiger partial charge in [0.25, 0.3) is 0 Å². The molecule has 0 atom stereocenters. The summed E-state index contributed by atoms with van der Waals surface area (Å²) < 4.78 is 6.78. The third-order valence-electron chi connectivity index (χ3n) is 2.55. The predicted octanol–water partition coefficient (Wildman–Crippen LogP) is 1.57. The van der Waals surface area contributed by atoms with Crippen LogP contribution < -0.4 is 0 Å². The molecule has 0 saturated carbocycles. The number of carbonyl (C=O) groups is 1. The molecule has 96 valence electrons. The summed E-state index contributed by atoms with van der Waals surface area (Å²) >= 11 is 0. The molecule has 2 aromatic rings. The Morgan fingerprint density at radius 1 is 1.44 bits per heavy atom. The van der Waals surface area contributed by atoms with Crippen LogP contribution in [0.5, 0.6) is 0 Å². The molecule has 0 spiro atoms. The smallest absolute Gasteiger partial charge is 0.356 e. The molecule has 18 heavy (non-hydrogen) atoms. The largest absolute Gasteiger partial charge is 0.461 e. The minimum Gasteiger partial charge on any atom is -0.461 e. The van der Waals surface area contributed by atoms with E-state index in [9.17, 15) is 4.79 Å². The number of rotatable bonds is 4. The van der Waals surface area contributed by atoms with Crippen LogP contribution in [0, 0.1) is 0 Å². The van der Waals surface area contributed by atoms with Gasteiger partial charge in [-0.15, -0.1) is 0 Å². The molecular formula is C13H17N3O2. The lowest BCUT2D eigenvalue weighted by molar-refractivity contribution is 0.0518. The third-order valence-corrected chi connectivity index (χ3v) is 2.55. The molecule has 0 aliphatic carbocycles. The minimum absolute atomic E-state index is 0.341. The Balaban J connectivity index is 2.40. The average Bonchev–Trinajstić information content (AvgIpc) is 2.71. The Labute approximate surface area is 106 Å². The van der Waals surface area contributed by atoms with Gasteiger partial charge in [0.05, 0.1) is 12.8 Å². The number of aromatic nitrogens is 2. The first-order valence-corrected chi connectivity index (χ1v) is 5.89. The Kier molecular flexibility index (Phi) is 3.62. The van der Waals surface area contributed by atoms with E-state index in [1.807, 2.05) is 32.4 Å². The van der Waals surface area contributed by atoms with Crippen molar-refractivity contribution in [3.05, 3.63) is 35.8 Å². The number of fused-ring (bicyclic) bond motifs is 1. The number of ether oxygens (including phenoxy) is 1. The predicted molar refractivity (Wildman–Crippen MR) is 68.5 cm³/mol. The SMILES string of the molecule is CCOC(=O)c1cnc2ccc(CN(C)C)cn12. The minimum atomic E-state index is -0.341. The molecule has 5 nitrogen and oxygen atoms in total. The molecular weight excluding hydrogens is 230 g/mol. The Bertz CT molecular complexity index is 560. The van der Waals surface area contributed by atoms with Gasteiger partial charge in [0.15, 0.2) is 5.69 Å². The molecule has 0 N–H and O–H groups in total. The molecule has 0 aliphatic rings. The molecule has 0 unspecified atom stereocenters. The van der Waals surface area contributed by atoms with Crippen molar-refractivity contribution in [3.8, 4) is 0 Å². The summed E-state index contributed by atoms with van der Waals surface area (Å²) in [7, 11) is 4.01. The Hall–Kier alpha value is -1.88. The summed E-state index contributed by atoms with van der Waals surface area (Å²) in [6.45, 7) is 2.97. The van der Waals surface area contributed by atoms with Gasteiger partial charge in [-0.25, -0.2) is 9.78 Å². The first kappa shape index (κ1) is 12.6. The maximum Gasteiger partial charge on any atom is 0.356 e. The normalized spacial score (nSPS) is 11.1. The quantitative estimate of drug-likeness (QED) is 0.769. The van der Waals surface area contributed by atoms with Gasteiger partial charge in [0.2, 0.25) is 0 Å². The van der Waals surface area contributed by atoms with Gasteiger partial charge in [0, 0.05) is 12.7 Å². The Morgan fingerprint density at radius 3 is 2.89 bits per heavy atom. The zero-order chi connectivity index (χ0) is 13.1. The number of pyridine rings is 1. The lowest BCUT2D eigenvalue weighted by Gasteiger charge is -2.10. The highest BCUT2D eigenvalue weighted by molar-refractivity contribution is 5.88. The van der Waals surface area contributed by atoms with Crippen molar-refractivity contribution >= 4 is 11.6 Å². The molecule has 2 heterocycles. The number of hydrogen-bond acceptors (Lipinski definition) is 4. The van der Waals surface area contributed by atoms with Crippen LogP contribution in [0.1, 0.15) is 23.0 Å². The third kappa shape index (κ3) is 2.51. The van der Waals surface area contributed by atoms with E-state index in [1.54, 1.807) is 17.5 Å². The number of nitrogens with zero attached hydrogens (tertiary/aromatic N) is 3. The fourth-order valence-electron chi connectivity index (χ4n) is 1.84. The van der Waals surface area contributed by atoms with Crippen molar-refractivity contribution < 1.29 is 9.53 Å². The van der Waals surface area contributed by atoms with Crippen molar-refractivity contribution in [2.75, 3.05) is 20.7 Å². The fourth-order valence-corrected chi connectivity index (χ4v) is 1.84. The van der Waals surface area contributed by atoms with Crippen LogP contribution in [-0.4, -0.2) is 41.0 Å². The van der Waals surface area contributed by atoms with Gasteiger partial charge in [-0.2, -0.15) is 0 Å². The first-order chi connectivity index (χ1) is 8.61. The molecule has 0 saturated heterocycles. The van der Waals surface area contributed by atoms with Crippen molar-refractivity contribution in [1.82, 2.24) is 14.3 Å². The molecule has 2 aromatic heterocycles. The van der Waals surface area contributed by atoms with Gasteiger partial charge >= 0.3 is 5.97 Å². The Morgan fingerprint density at radius 2 is 2.22 bits per heavy atom. The second-order valence-corrected chi connectivity index (χ2v) is 4.37. The maximum absolute atomic E-state index is 11.8. The molecule has 0 bridgehead atoms. The van der Waals surface area contributed by atoms with Crippen LogP contribution >= 0.6 is 0 Å². The zero-order valence-electron chi connectivity index (χ0n) is 10.9. The van der Waals surface area contributed by atoms with E-state index in [-0.39, 0.29) is 5.97 Å². The van der Waals surface area contributed by atoms with Gasteiger partial charge in [-0.3, -0.25) is 4.40 Å². The second-order valence-electron chi connectivity index (χ2n) is 4.37. The summed E-state index contributed by atoms with van der Waals surface area (Å²) in [5, 5.41) is 0. The topological polar surface area (TPSA) is 46.8 Å². The summed E-state index contributed by atoms with van der Waals surface area (Å²) in [5.41, 5.74) is 2.34. The molecule has 0 fully saturated rings. The zero-order valence-corrected chi connectivity index (χ0v) is 10.9. The molecule has 5 heteroatoms. The summed E-state index contributed by atoms with van der Waals surface area (Å²) in [5.74, 6) is -0.341. The molecule has 2 rings (SSSR count). The lowest BCUT2D eigenvalue weighted by atomic mass is 10.2. The lowest BCUT2D eigenvalue weighted by Crippen LogP contribution is -2.12. The summed E-state index contributed by atoms with van der Waals surface area (Å²) in [6, 6.07) is 3.92. The van der Waals surface area contributed by atoms with E-state index >= 15 is 0 Å². The van der Waals surface area contributed by atoms with Crippen LogP contribution in [0.3, 0.4) is 0 Å². The van der Waals surface area contributed by atoms with E-state index in [4.69, 9.17) is 4.74 Å². The van der Waals surface area contributed by atoms with Crippen LogP contribution in [0.2, 0.25) is 0 Å². The number of carbonyl (C=O) groups excluding carboxylic acids is 1. The van der Waals surface area contributed by atoms with Crippen molar-refractivity contribution in [1.29, 1.82) is 0 Å². The average molecular weight is 247 g/mol. The monoisotopic (exact) mass is 247 g/mol. The fraction of sp³-hybridized carbons (Fsp3) is 0.385. The van der Waals surface area contributed by atoms with E-state index in [0.717, 1.165) is 17.8 Å². The van der Waals surface area contributed by atoms with E-state index in [1.165, 1.54) is 0 Å². The number of esters is 1. The molecule has 0 aromatic carbocycles. The number of imidazole rings is 1. The van der Waals surface area contributed by atoms with Crippen molar-refractivity contribution in [2.45, 2.75) is 13.5 Å². The first-order valence-electron chi connectivity index (χ1n) is 5.89. The van der Waals surface area contributed by atoms with Crippen LogP contribution in [0.4, 0.5) is 0 Å². The molecule has 0 radical (unpaired) electrons. The highest BCUT2D eigenvalue weighted by Crippen LogP contribution is 2.11. The van der Waals surface area contributed by atoms with Crippen LogP contribution in [0.15, 0.2) is 24.5 Å². The highest BCUT2D eigenvalue weighted by Gasteiger charge is 2.13. The maximum atomic E-state index is 11.8. The van der Waals surface area contributed by atoms with Gasteiger partial charge in [-0.1, -0.05) is 6.07 Å². The molecule has 0 amide bonds. The summed E-state index contributed by atoms with van der Waals surface area (Å²) in [4.78, 5) is 18.0. The van der Waals surface area contributed by atoms with Crippen LogP contribution in [-0.2, 0) is 11.3 Å². The highest BCUT2D eigenvalue weighted by atomic mass is 16.5.